The Kier molecular flexibility index (Phi) is 7.36. The fourth-order valence-electron chi connectivity index (χ4n) is 2.87. The van der Waals surface area contributed by atoms with Crippen molar-refractivity contribution in [3.05, 3.63) is 48.7 Å². The number of para-hydroxylation sites is 2. The van der Waals surface area contributed by atoms with E-state index in [2.05, 4.69) is 27.6 Å². The third kappa shape index (κ3) is 6.45. The number of ether oxygens (including phenoxy) is 1. The van der Waals surface area contributed by atoms with Gasteiger partial charge in [-0.1, -0.05) is 18.2 Å². The number of urea groups is 1. The highest BCUT2D eigenvalue weighted by Gasteiger charge is 2.19. The minimum absolute atomic E-state index is 0.196. The van der Waals surface area contributed by atoms with E-state index in [4.69, 9.17) is 4.74 Å². The number of piperidine rings is 1. The van der Waals surface area contributed by atoms with Crippen molar-refractivity contribution in [3.63, 3.8) is 0 Å². The van der Waals surface area contributed by atoms with Crippen LogP contribution in [-0.2, 0) is 0 Å². The van der Waals surface area contributed by atoms with Gasteiger partial charge in [0.05, 0.1) is 10.7 Å². The van der Waals surface area contributed by atoms with E-state index in [1.54, 1.807) is 18.0 Å². The number of carbonyl (C=O) groups is 1. The summed E-state index contributed by atoms with van der Waals surface area (Å²) in [6.45, 7) is 2.63. The van der Waals surface area contributed by atoms with Crippen LogP contribution in [0, 0.1) is 0 Å². The summed E-state index contributed by atoms with van der Waals surface area (Å²) in [5.74, 6) is 1.49. The molecule has 7 heteroatoms. The normalized spacial score (nSPS) is 15.3. The number of thioether (sulfide) groups is 1. The van der Waals surface area contributed by atoms with Gasteiger partial charge >= 0.3 is 6.03 Å². The Bertz CT molecular complexity index is 721. The number of nitrogens with one attached hydrogen (secondary N) is 2. The number of amides is 2. The van der Waals surface area contributed by atoms with Gasteiger partial charge in [0, 0.05) is 31.6 Å². The van der Waals surface area contributed by atoms with Crippen molar-refractivity contribution in [3.8, 4) is 5.75 Å². The summed E-state index contributed by atoms with van der Waals surface area (Å²) in [7, 11) is 2.13. The number of hydrogen-bond acceptors (Lipinski definition) is 5. The molecule has 0 saturated carbocycles. The standard InChI is InChI=1S/C20H26N4O2S/c1-24-13-9-16(10-14-24)26-18-7-3-2-6-17(18)23-20(25)22-12-15-27-19-8-4-5-11-21-19/h2-8,11,16H,9-10,12-15H2,1H3,(H2,22,23,25). The Morgan fingerprint density at radius 3 is 2.78 bits per heavy atom. The quantitative estimate of drug-likeness (QED) is 0.563. The third-order valence-corrected chi connectivity index (χ3v) is 5.32. The summed E-state index contributed by atoms with van der Waals surface area (Å²) >= 11 is 1.61. The molecule has 1 saturated heterocycles. The lowest BCUT2D eigenvalue weighted by molar-refractivity contribution is 0.115. The van der Waals surface area contributed by atoms with Crippen molar-refractivity contribution in [1.29, 1.82) is 0 Å². The molecule has 1 aromatic heterocycles. The number of likely N-dealkylation sites (tertiary alicyclic amines) is 1. The molecular formula is C20H26N4O2S. The van der Waals surface area contributed by atoms with Gasteiger partial charge in [-0.3, -0.25) is 0 Å². The smallest absolute Gasteiger partial charge is 0.319 e. The maximum atomic E-state index is 12.2. The largest absolute Gasteiger partial charge is 0.488 e. The lowest BCUT2D eigenvalue weighted by Crippen LogP contribution is -2.36. The highest BCUT2D eigenvalue weighted by Crippen LogP contribution is 2.27. The molecule has 144 valence electrons. The van der Waals surface area contributed by atoms with Crippen molar-refractivity contribution in [2.45, 2.75) is 24.0 Å². The molecule has 1 aromatic carbocycles. The van der Waals surface area contributed by atoms with E-state index in [1.807, 2.05) is 42.5 Å². The Labute approximate surface area is 164 Å². The molecule has 27 heavy (non-hydrogen) atoms. The Morgan fingerprint density at radius 1 is 1.22 bits per heavy atom. The van der Waals surface area contributed by atoms with Gasteiger partial charge in [-0.25, -0.2) is 9.78 Å². The predicted molar refractivity (Wildman–Crippen MR) is 110 cm³/mol. The summed E-state index contributed by atoms with van der Waals surface area (Å²) in [6, 6.07) is 13.2. The van der Waals surface area contributed by atoms with E-state index in [1.165, 1.54) is 0 Å². The van der Waals surface area contributed by atoms with Gasteiger partial charge in [0.1, 0.15) is 11.9 Å². The number of aromatic nitrogens is 1. The summed E-state index contributed by atoms with van der Waals surface area (Å²) in [5.41, 5.74) is 0.700. The second-order valence-corrected chi connectivity index (χ2v) is 7.63. The molecule has 0 atom stereocenters. The molecule has 0 unspecified atom stereocenters. The molecule has 6 nitrogen and oxygen atoms in total. The van der Waals surface area contributed by atoms with Crippen LogP contribution in [0.1, 0.15) is 12.8 Å². The Balaban J connectivity index is 1.44. The fourth-order valence-corrected chi connectivity index (χ4v) is 3.60. The number of carbonyl (C=O) groups excluding carboxylic acids is 1. The lowest BCUT2D eigenvalue weighted by Gasteiger charge is -2.29. The van der Waals surface area contributed by atoms with Gasteiger partial charge in [0.25, 0.3) is 0 Å². The van der Waals surface area contributed by atoms with Crippen LogP contribution in [0.4, 0.5) is 10.5 Å². The molecule has 0 spiro atoms. The molecule has 1 aliphatic heterocycles. The van der Waals surface area contributed by atoms with E-state index in [-0.39, 0.29) is 12.1 Å². The Hall–Kier alpha value is -2.25. The maximum absolute atomic E-state index is 12.2. The van der Waals surface area contributed by atoms with Crippen molar-refractivity contribution in [2.24, 2.45) is 0 Å². The molecule has 3 rings (SSSR count). The molecule has 0 aliphatic carbocycles. The van der Waals surface area contributed by atoms with Crippen LogP contribution in [0.15, 0.2) is 53.7 Å². The molecule has 1 fully saturated rings. The minimum atomic E-state index is -0.226. The van der Waals surface area contributed by atoms with E-state index in [0.717, 1.165) is 42.5 Å². The Morgan fingerprint density at radius 2 is 2.00 bits per heavy atom. The van der Waals surface area contributed by atoms with Crippen LogP contribution in [0.3, 0.4) is 0 Å². The van der Waals surface area contributed by atoms with Gasteiger partial charge in [-0.2, -0.15) is 0 Å². The van der Waals surface area contributed by atoms with E-state index < -0.39 is 0 Å². The van der Waals surface area contributed by atoms with E-state index >= 15 is 0 Å². The number of pyridine rings is 1. The van der Waals surface area contributed by atoms with Crippen LogP contribution in [0.5, 0.6) is 5.75 Å². The minimum Gasteiger partial charge on any atom is -0.488 e. The topological polar surface area (TPSA) is 66.5 Å². The van der Waals surface area contributed by atoms with Crippen molar-refractivity contribution < 1.29 is 9.53 Å². The van der Waals surface area contributed by atoms with Gasteiger partial charge in [0.15, 0.2) is 0 Å². The van der Waals surface area contributed by atoms with E-state index in [0.29, 0.717) is 12.2 Å². The average Bonchev–Trinajstić information content (AvgIpc) is 2.69. The molecular weight excluding hydrogens is 360 g/mol. The van der Waals surface area contributed by atoms with Crippen molar-refractivity contribution in [2.75, 3.05) is 37.8 Å². The number of hydrogen-bond donors (Lipinski definition) is 2. The zero-order valence-electron chi connectivity index (χ0n) is 15.6. The van der Waals surface area contributed by atoms with Gasteiger partial charge < -0.3 is 20.3 Å². The first-order valence-corrected chi connectivity index (χ1v) is 10.2. The number of nitrogens with zero attached hydrogens (tertiary/aromatic N) is 2. The first-order valence-electron chi connectivity index (χ1n) is 9.23. The monoisotopic (exact) mass is 386 g/mol. The number of benzene rings is 1. The molecule has 0 bridgehead atoms. The number of rotatable bonds is 7. The fraction of sp³-hybridized carbons (Fsp3) is 0.400. The van der Waals surface area contributed by atoms with Crippen LogP contribution < -0.4 is 15.4 Å². The van der Waals surface area contributed by atoms with Crippen molar-refractivity contribution >= 4 is 23.5 Å². The molecule has 2 heterocycles. The van der Waals surface area contributed by atoms with Gasteiger partial charge in [-0.15, -0.1) is 11.8 Å². The van der Waals surface area contributed by atoms with E-state index in [9.17, 15) is 4.79 Å². The predicted octanol–water partition coefficient (Wildman–Crippen LogP) is 3.47. The third-order valence-electron chi connectivity index (χ3n) is 4.37. The molecule has 1 aliphatic rings. The maximum Gasteiger partial charge on any atom is 0.319 e. The zero-order valence-corrected chi connectivity index (χ0v) is 16.4. The van der Waals surface area contributed by atoms with Gasteiger partial charge in [0.2, 0.25) is 0 Å². The molecule has 2 N–H and O–H groups in total. The highest BCUT2D eigenvalue weighted by atomic mass is 32.2. The second kappa shape index (κ2) is 10.2. The first kappa shape index (κ1) is 19.5. The van der Waals surface area contributed by atoms with Crippen LogP contribution in [-0.4, -0.2) is 54.5 Å². The SMILES string of the molecule is CN1CCC(Oc2ccccc2NC(=O)NCCSc2ccccn2)CC1. The van der Waals surface area contributed by atoms with Crippen molar-refractivity contribution in [1.82, 2.24) is 15.2 Å². The first-order chi connectivity index (χ1) is 13.2. The zero-order chi connectivity index (χ0) is 18.9. The summed E-state index contributed by atoms with van der Waals surface area (Å²) in [4.78, 5) is 18.8. The van der Waals surface area contributed by atoms with Crippen LogP contribution >= 0.6 is 11.8 Å². The second-order valence-electron chi connectivity index (χ2n) is 6.51. The molecule has 2 aromatic rings. The lowest BCUT2D eigenvalue weighted by atomic mass is 10.1. The molecule has 2 amide bonds. The average molecular weight is 387 g/mol. The van der Waals surface area contributed by atoms with Gasteiger partial charge in [-0.05, 0) is 44.2 Å². The summed E-state index contributed by atoms with van der Waals surface area (Å²) in [5, 5.41) is 6.73. The summed E-state index contributed by atoms with van der Waals surface area (Å²) < 4.78 is 6.14. The van der Waals surface area contributed by atoms with Crippen LogP contribution in [0.25, 0.3) is 0 Å². The number of anilines is 1. The molecule has 0 radical (unpaired) electrons. The summed E-state index contributed by atoms with van der Waals surface area (Å²) in [6.07, 6.45) is 3.97. The highest BCUT2D eigenvalue weighted by molar-refractivity contribution is 7.99. The van der Waals surface area contributed by atoms with Crippen LogP contribution in [0.2, 0.25) is 0 Å².